The number of nitrogens with zero attached hydrogens (tertiary/aromatic N) is 2. The maximum atomic E-state index is 14.3. The van der Waals surface area contributed by atoms with E-state index in [9.17, 15) is 22.8 Å². The van der Waals surface area contributed by atoms with Crippen LogP contribution in [0.25, 0.3) is 6.08 Å². The van der Waals surface area contributed by atoms with Crippen molar-refractivity contribution in [3.8, 4) is 0 Å². The number of hydrogen-bond acceptors (Lipinski definition) is 2. The number of nitrogens with one attached hydrogen (secondary N) is 1. The van der Waals surface area contributed by atoms with Crippen LogP contribution in [0, 0.1) is 5.92 Å². The van der Waals surface area contributed by atoms with Crippen molar-refractivity contribution in [1.82, 2.24) is 14.8 Å². The number of halogens is 3. The number of amides is 2. The zero-order valence-corrected chi connectivity index (χ0v) is 14.5. The van der Waals surface area contributed by atoms with Crippen LogP contribution in [0.15, 0.2) is 36.7 Å². The Kier molecular flexibility index (Phi) is 6.65. The molecular weight excluding hydrogens is 347 g/mol. The topological polar surface area (TPSA) is 54.3 Å². The number of carbonyl (C=O) groups excluding carboxylic acids is 2. The van der Waals surface area contributed by atoms with E-state index in [1.807, 2.05) is 30.1 Å². The second kappa shape index (κ2) is 8.73. The van der Waals surface area contributed by atoms with Crippen LogP contribution in [0.4, 0.5) is 13.2 Å². The fourth-order valence-electron chi connectivity index (χ4n) is 2.76. The van der Waals surface area contributed by atoms with Crippen LogP contribution in [0.3, 0.4) is 0 Å². The van der Waals surface area contributed by atoms with Crippen molar-refractivity contribution >= 4 is 17.9 Å². The van der Waals surface area contributed by atoms with Gasteiger partial charge in [-0.15, -0.1) is 0 Å². The first kappa shape index (κ1) is 19.8. The molecule has 0 aliphatic carbocycles. The predicted octanol–water partition coefficient (Wildman–Crippen LogP) is 2.16. The molecular formula is C18H22F3N3O2. The van der Waals surface area contributed by atoms with Gasteiger partial charge < -0.3 is 14.8 Å². The summed E-state index contributed by atoms with van der Waals surface area (Å²) in [7, 11) is 1.84. The average molecular weight is 369 g/mol. The van der Waals surface area contributed by atoms with Crippen molar-refractivity contribution in [1.29, 1.82) is 0 Å². The van der Waals surface area contributed by atoms with Gasteiger partial charge in [0.05, 0.1) is 6.54 Å². The number of likely N-dealkylation sites (tertiary alicyclic amines) is 1. The molecule has 5 nitrogen and oxygen atoms in total. The molecule has 142 valence electrons. The Labute approximate surface area is 150 Å². The lowest BCUT2D eigenvalue weighted by molar-refractivity contribution is -0.146. The van der Waals surface area contributed by atoms with Crippen LogP contribution in [-0.4, -0.2) is 53.5 Å². The molecule has 26 heavy (non-hydrogen) atoms. The van der Waals surface area contributed by atoms with E-state index in [0.29, 0.717) is 0 Å². The van der Waals surface area contributed by atoms with Gasteiger partial charge in [0.25, 0.3) is 5.92 Å². The Balaban J connectivity index is 1.88. The van der Waals surface area contributed by atoms with Gasteiger partial charge in [-0.1, -0.05) is 0 Å². The van der Waals surface area contributed by atoms with Crippen LogP contribution in [0.5, 0.6) is 0 Å². The van der Waals surface area contributed by atoms with Crippen molar-refractivity contribution in [2.24, 2.45) is 13.0 Å². The van der Waals surface area contributed by atoms with Crippen molar-refractivity contribution < 1.29 is 22.8 Å². The molecule has 2 heterocycles. The molecule has 1 N–H and O–H groups in total. The number of allylic oxidation sites excluding steroid dienone is 1. The summed E-state index contributed by atoms with van der Waals surface area (Å²) in [5.41, 5.74) is 0.812. The monoisotopic (exact) mass is 369 g/mol. The molecule has 1 fully saturated rings. The highest BCUT2D eigenvalue weighted by Crippen LogP contribution is 2.32. The summed E-state index contributed by atoms with van der Waals surface area (Å²) < 4.78 is 42.3. The number of aromatic nitrogens is 1. The maximum absolute atomic E-state index is 14.3. The number of hydrogen-bond donors (Lipinski definition) is 1. The first-order valence-corrected chi connectivity index (χ1v) is 8.29. The highest BCUT2D eigenvalue weighted by atomic mass is 19.3. The van der Waals surface area contributed by atoms with Gasteiger partial charge in [0.15, 0.2) is 0 Å². The number of aryl methyl sites for hydroxylation is 1. The highest BCUT2D eigenvalue weighted by Gasteiger charge is 2.45. The first-order valence-electron chi connectivity index (χ1n) is 8.29. The molecule has 2 amide bonds. The third-order valence-corrected chi connectivity index (χ3v) is 4.21. The molecule has 1 saturated heterocycles. The number of rotatable bonds is 6. The summed E-state index contributed by atoms with van der Waals surface area (Å²) in [5.74, 6) is -5.25. The molecule has 0 bridgehead atoms. The minimum absolute atomic E-state index is 0.0744. The van der Waals surface area contributed by atoms with Crippen LogP contribution in [0.1, 0.15) is 12.0 Å². The number of alkyl halides is 3. The lowest BCUT2D eigenvalue weighted by Crippen LogP contribution is -2.53. The van der Waals surface area contributed by atoms with Gasteiger partial charge in [0.1, 0.15) is 6.67 Å². The first-order chi connectivity index (χ1) is 12.3. The van der Waals surface area contributed by atoms with Crippen molar-refractivity contribution in [2.45, 2.75) is 12.3 Å². The zero-order chi connectivity index (χ0) is 19.2. The predicted molar refractivity (Wildman–Crippen MR) is 92.2 cm³/mol. The van der Waals surface area contributed by atoms with Crippen LogP contribution >= 0.6 is 0 Å². The van der Waals surface area contributed by atoms with Gasteiger partial charge in [0.2, 0.25) is 11.8 Å². The molecule has 1 aliphatic heterocycles. The van der Waals surface area contributed by atoms with Gasteiger partial charge in [-0.05, 0) is 30.2 Å². The minimum Gasteiger partial charge on any atom is -0.357 e. The summed E-state index contributed by atoms with van der Waals surface area (Å²) in [6, 6.07) is 1.81. The zero-order valence-electron chi connectivity index (χ0n) is 14.5. The molecule has 0 spiro atoms. The molecule has 1 aromatic heterocycles. The summed E-state index contributed by atoms with van der Waals surface area (Å²) in [5, 5.41) is 2.34. The van der Waals surface area contributed by atoms with E-state index in [-0.39, 0.29) is 19.5 Å². The van der Waals surface area contributed by atoms with Gasteiger partial charge in [-0.25, -0.2) is 13.2 Å². The van der Waals surface area contributed by atoms with E-state index in [4.69, 9.17) is 0 Å². The van der Waals surface area contributed by atoms with E-state index >= 15 is 0 Å². The second-order valence-corrected chi connectivity index (χ2v) is 6.25. The van der Waals surface area contributed by atoms with Crippen LogP contribution in [0.2, 0.25) is 0 Å². The lowest BCUT2D eigenvalue weighted by Gasteiger charge is -2.38. The Bertz CT molecular complexity index is 698. The second-order valence-electron chi connectivity index (χ2n) is 6.25. The summed E-state index contributed by atoms with van der Waals surface area (Å²) >= 11 is 0. The quantitative estimate of drug-likeness (QED) is 0.782. The average Bonchev–Trinajstić information content (AvgIpc) is 3.01. The molecule has 8 heteroatoms. The Morgan fingerprint density at radius 2 is 2.15 bits per heavy atom. The SMILES string of the molecule is Cn1ccc(/C=C/C(=O)N2CCC(CNC(=O)/C=C/CF)C(F)(F)C2)c1. The van der Waals surface area contributed by atoms with E-state index in [1.165, 1.54) is 6.08 Å². The smallest absolute Gasteiger partial charge is 0.269 e. The summed E-state index contributed by atoms with van der Waals surface area (Å²) in [4.78, 5) is 24.6. The van der Waals surface area contributed by atoms with Crippen LogP contribution < -0.4 is 5.32 Å². The molecule has 0 aromatic carbocycles. The number of carbonyl (C=O) groups is 2. The highest BCUT2D eigenvalue weighted by molar-refractivity contribution is 5.92. The van der Waals surface area contributed by atoms with Crippen LogP contribution in [-0.2, 0) is 16.6 Å². The van der Waals surface area contributed by atoms with Crippen molar-refractivity contribution in [3.63, 3.8) is 0 Å². The maximum Gasteiger partial charge on any atom is 0.269 e. The molecule has 1 aliphatic rings. The van der Waals surface area contributed by atoms with E-state index in [0.717, 1.165) is 22.6 Å². The van der Waals surface area contributed by atoms with Gasteiger partial charge in [0, 0.05) is 50.6 Å². The fourth-order valence-corrected chi connectivity index (χ4v) is 2.76. The van der Waals surface area contributed by atoms with Gasteiger partial charge in [-0.2, -0.15) is 0 Å². The largest absolute Gasteiger partial charge is 0.357 e. The summed E-state index contributed by atoms with van der Waals surface area (Å²) in [6.45, 7) is -1.51. The van der Waals surface area contributed by atoms with Crippen molar-refractivity contribution in [3.05, 3.63) is 42.3 Å². The molecule has 1 aromatic rings. The van der Waals surface area contributed by atoms with E-state index < -0.39 is 36.9 Å². The fraction of sp³-hybridized carbons (Fsp3) is 0.444. The summed E-state index contributed by atoms with van der Waals surface area (Å²) in [6.07, 6.45) is 8.56. The minimum atomic E-state index is -3.11. The third kappa shape index (κ3) is 5.50. The third-order valence-electron chi connectivity index (χ3n) is 4.21. The normalized spacial score (nSPS) is 20.0. The molecule has 1 unspecified atom stereocenters. The van der Waals surface area contributed by atoms with E-state index in [1.54, 1.807) is 6.08 Å². The lowest BCUT2D eigenvalue weighted by atomic mass is 9.92. The molecule has 0 saturated carbocycles. The Hall–Kier alpha value is -2.51. The molecule has 1 atom stereocenters. The van der Waals surface area contributed by atoms with E-state index in [2.05, 4.69) is 5.32 Å². The van der Waals surface area contributed by atoms with Crippen molar-refractivity contribution in [2.75, 3.05) is 26.3 Å². The number of piperidine rings is 1. The molecule has 2 rings (SSSR count). The van der Waals surface area contributed by atoms with Gasteiger partial charge in [-0.3, -0.25) is 9.59 Å². The Morgan fingerprint density at radius 3 is 2.77 bits per heavy atom. The Morgan fingerprint density at radius 1 is 1.38 bits per heavy atom. The van der Waals surface area contributed by atoms with Gasteiger partial charge >= 0.3 is 0 Å². The standard InChI is InChI=1S/C18H22F3N3O2/c1-23-9-6-14(12-23)4-5-17(26)24-10-7-15(18(20,21)13-24)11-22-16(25)3-2-8-19/h2-6,9,12,15H,7-8,10-11,13H2,1H3,(H,22,25)/b3-2+,5-4+. The molecule has 0 radical (unpaired) electrons.